The van der Waals surface area contributed by atoms with Crippen LogP contribution in [0.25, 0.3) is 17.4 Å². The number of aromatic nitrogens is 4. The number of furan rings is 1. The summed E-state index contributed by atoms with van der Waals surface area (Å²) in [6, 6.07) is 10.3. The maximum atomic E-state index is 12.8. The molecule has 3 heterocycles. The molecule has 0 spiro atoms. The molecule has 1 aliphatic rings. The summed E-state index contributed by atoms with van der Waals surface area (Å²) in [6.07, 6.45) is 3.70. The van der Waals surface area contributed by atoms with Gasteiger partial charge < -0.3 is 9.73 Å². The predicted molar refractivity (Wildman–Crippen MR) is 113 cm³/mol. The molecule has 0 aliphatic heterocycles. The van der Waals surface area contributed by atoms with Crippen molar-refractivity contribution in [1.29, 1.82) is 0 Å². The zero-order valence-electron chi connectivity index (χ0n) is 16.6. The normalized spacial score (nSPS) is 12.5. The van der Waals surface area contributed by atoms with E-state index < -0.39 is 10.8 Å². The first kappa shape index (κ1) is 19.4. The van der Waals surface area contributed by atoms with Crippen LogP contribution < -0.4 is 10.9 Å². The Morgan fingerprint density at radius 2 is 2.09 bits per heavy atom. The molecule has 0 saturated heterocycles. The van der Waals surface area contributed by atoms with E-state index in [2.05, 4.69) is 20.4 Å². The Morgan fingerprint density at radius 3 is 2.88 bits per heavy atom. The Kier molecular flexibility index (Phi) is 4.62. The first-order valence-electron chi connectivity index (χ1n) is 9.82. The molecular formula is C21H16N6O5. The molecule has 3 aromatic heterocycles. The average molecular weight is 432 g/mol. The SMILES string of the molecule is O=C(Nc1cc(-c2ccco2)nn1-c1nc2c(c(=O)[nH]1)CCC2)c1cccc([N+](=O)[O-])c1. The molecule has 0 bridgehead atoms. The van der Waals surface area contributed by atoms with Crippen LogP contribution in [-0.2, 0) is 12.8 Å². The minimum atomic E-state index is -0.579. The zero-order valence-corrected chi connectivity index (χ0v) is 16.6. The standard InChI is InChI=1S/C21H16N6O5/c28-19(12-4-1-5-13(10-12)27(30)31)23-18-11-16(17-8-3-9-32-17)25-26(18)21-22-15-7-2-6-14(15)20(29)24-21/h1,3-5,8-11H,2,6-7H2,(H,23,28)(H,22,24,29). The smallest absolute Gasteiger partial charge is 0.270 e. The van der Waals surface area contributed by atoms with Crippen molar-refractivity contribution in [2.24, 2.45) is 0 Å². The summed E-state index contributed by atoms with van der Waals surface area (Å²) in [5.74, 6) is 0.249. The lowest BCUT2D eigenvalue weighted by atomic mass is 10.2. The van der Waals surface area contributed by atoms with Gasteiger partial charge in [0, 0.05) is 29.3 Å². The fourth-order valence-corrected chi connectivity index (χ4v) is 3.65. The Morgan fingerprint density at radius 1 is 1.22 bits per heavy atom. The third-order valence-electron chi connectivity index (χ3n) is 5.17. The van der Waals surface area contributed by atoms with Gasteiger partial charge in [0.1, 0.15) is 11.5 Å². The first-order chi connectivity index (χ1) is 15.5. The second-order valence-corrected chi connectivity index (χ2v) is 7.23. The van der Waals surface area contributed by atoms with Crippen molar-refractivity contribution in [3.63, 3.8) is 0 Å². The molecule has 1 aliphatic carbocycles. The fraction of sp³-hybridized carbons (Fsp3) is 0.143. The van der Waals surface area contributed by atoms with Gasteiger partial charge in [0.15, 0.2) is 5.76 Å². The van der Waals surface area contributed by atoms with Gasteiger partial charge in [0.05, 0.1) is 16.9 Å². The van der Waals surface area contributed by atoms with E-state index in [-0.39, 0.29) is 28.6 Å². The van der Waals surface area contributed by atoms with E-state index in [4.69, 9.17) is 4.42 Å². The molecule has 0 saturated carbocycles. The van der Waals surface area contributed by atoms with Crippen LogP contribution in [0.3, 0.4) is 0 Å². The number of hydrogen-bond donors (Lipinski definition) is 2. The van der Waals surface area contributed by atoms with Crippen molar-refractivity contribution in [3.05, 3.63) is 86.0 Å². The summed E-state index contributed by atoms with van der Waals surface area (Å²) in [6.45, 7) is 0. The number of H-pyrrole nitrogens is 1. The van der Waals surface area contributed by atoms with Gasteiger partial charge in [-0.1, -0.05) is 6.07 Å². The first-order valence-corrected chi connectivity index (χ1v) is 9.82. The predicted octanol–water partition coefficient (Wildman–Crippen LogP) is 2.86. The molecule has 0 radical (unpaired) electrons. The number of benzene rings is 1. The van der Waals surface area contributed by atoms with Crippen molar-refractivity contribution in [2.45, 2.75) is 19.3 Å². The molecule has 5 rings (SSSR count). The third kappa shape index (κ3) is 3.45. The third-order valence-corrected chi connectivity index (χ3v) is 5.17. The number of nitro benzene ring substituents is 1. The van der Waals surface area contributed by atoms with Gasteiger partial charge in [-0.05, 0) is 37.5 Å². The highest BCUT2D eigenvalue weighted by atomic mass is 16.6. The van der Waals surface area contributed by atoms with E-state index in [9.17, 15) is 19.7 Å². The van der Waals surface area contributed by atoms with Crippen LogP contribution >= 0.6 is 0 Å². The van der Waals surface area contributed by atoms with Crippen molar-refractivity contribution in [3.8, 4) is 17.4 Å². The van der Waals surface area contributed by atoms with E-state index in [0.29, 0.717) is 35.6 Å². The van der Waals surface area contributed by atoms with Gasteiger partial charge in [0.25, 0.3) is 17.2 Å². The van der Waals surface area contributed by atoms with Crippen LogP contribution in [0.4, 0.5) is 11.5 Å². The number of aromatic amines is 1. The van der Waals surface area contributed by atoms with Crippen LogP contribution in [0.5, 0.6) is 0 Å². The number of rotatable bonds is 5. The molecule has 1 amide bonds. The van der Waals surface area contributed by atoms with Crippen LogP contribution in [-0.4, -0.2) is 30.6 Å². The summed E-state index contributed by atoms with van der Waals surface area (Å²) in [7, 11) is 0. The van der Waals surface area contributed by atoms with E-state index in [1.165, 1.54) is 35.2 Å². The number of anilines is 1. The lowest BCUT2D eigenvalue weighted by Gasteiger charge is -2.09. The van der Waals surface area contributed by atoms with E-state index in [0.717, 1.165) is 6.42 Å². The lowest BCUT2D eigenvalue weighted by molar-refractivity contribution is -0.384. The summed E-state index contributed by atoms with van der Waals surface area (Å²) in [5.41, 5.74) is 1.43. The van der Waals surface area contributed by atoms with Crippen LogP contribution in [0.2, 0.25) is 0 Å². The number of non-ortho nitro benzene ring substituents is 1. The van der Waals surface area contributed by atoms with Crippen molar-refractivity contribution in [1.82, 2.24) is 19.7 Å². The van der Waals surface area contributed by atoms with E-state index >= 15 is 0 Å². The number of aryl methyl sites for hydroxylation is 1. The number of carbonyl (C=O) groups excluding carboxylic acids is 1. The Labute approximate surface area is 179 Å². The molecule has 1 aromatic carbocycles. The number of hydrogen-bond acceptors (Lipinski definition) is 7. The van der Waals surface area contributed by atoms with Crippen LogP contribution in [0, 0.1) is 10.1 Å². The number of amides is 1. The van der Waals surface area contributed by atoms with Gasteiger partial charge >= 0.3 is 0 Å². The van der Waals surface area contributed by atoms with Crippen LogP contribution in [0.1, 0.15) is 28.0 Å². The molecule has 11 nitrogen and oxygen atoms in total. The second kappa shape index (κ2) is 7.61. The molecule has 0 atom stereocenters. The molecule has 160 valence electrons. The van der Waals surface area contributed by atoms with Crippen LogP contribution in [0.15, 0.2) is 57.9 Å². The van der Waals surface area contributed by atoms with Crippen molar-refractivity contribution >= 4 is 17.4 Å². The Balaban J connectivity index is 1.57. The maximum Gasteiger partial charge on any atom is 0.270 e. The number of carbonyl (C=O) groups is 1. The Hall–Kier alpha value is -4.54. The lowest BCUT2D eigenvalue weighted by Crippen LogP contribution is -2.21. The van der Waals surface area contributed by atoms with E-state index in [1.54, 1.807) is 18.2 Å². The Bertz CT molecular complexity index is 1400. The second-order valence-electron chi connectivity index (χ2n) is 7.23. The summed E-state index contributed by atoms with van der Waals surface area (Å²) in [4.78, 5) is 43.0. The summed E-state index contributed by atoms with van der Waals surface area (Å²) >= 11 is 0. The molecule has 0 unspecified atom stereocenters. The average Bonchev–Trinajstić information content (AvgIpc) is 3.54. The maximum absolute atomic E-state index is 12.8. The van der Waals surface area contributed by atoms with Gasteiger partial charge in [-0.2, -0.15) is 9.78 Å². The number of nitro groups is 1. The van der Waals surface area contributed by atoms with Gasteiger partial charge in [-0.3, -0.25) is 24.7 Å². The quantitative estimate of drug-likeness (QED) is 0.364. The minimum Gasteiger partial charge on any atom is -0.463 e. The van der Waals surface area contributed by atoms with Crippen molar-refractivity contribution < 1.29 is 14.1 Å². The highest BCUT2D eigenvalue weighted by Gasteiger charge is 2.22. The number of nitrogens with zero attached hydrogens (tertiary/aromatic N) is 4. The molecule has 4 aromatic rings. The monoisotopic (exact) mass is 432 g/mol. The molecule has 11 heteroatoms. The zero-order chi connectivity index (χ0) is 22.2. The molecular weight excluding hydrogens is 416 g/mol. The fourth-order valence-electron chi connectivity index (χ4n) is 3.65. The summed E-state index contributed by atoms with van der Waals surface area (Å²) in [5, 5.41) is 18.2. The van der Waals surface area contributed by atoms with E-state index in [1.807, 2.05) is 0 Å². The molecule has 2 N–H and O–H groups in total. The largest absolute Gasteiger partial charge is 0.463 e. The minimum absolute atomic E-state index is 0.0990. The van der Waals surface area contributed by atoms with Gasteiger partial charge in [-0.15, -0.1) is 0 Å². The van der Waals surface area contributed by atoms with Gasteiger partial charge in [-0.25, -0.2) is 4.98 Å². The number of fused-ring (bicyclic) bond motifs is 1. The highest BCUT2D eigenvalue weighted by Crippen LogP contribution is 2.25. The van der Waals surface area contributed by atoms with Gasteiger partial charge in [0.2, 0.25) is 5.95 Å². The van der Waals surface area contributed by atoms with Crippen molar-refractivity contribution in [2.75, 3.05) is 5.32 Å². The molecule has 32 heavy (non-hydrogen) atoms. The topological polar surface area (TPSA) is 149 Å². The highest BCUT2D eigenvalue weighted by molar-refractivity contribution is 6.04. The summed E-state index contributed by atoms with van der Waals surface area (Å²) < 4.78 is 6.71. The molecule has 0 fully saturated rings. The number of nitrogens with one attached hydrogen (secondary N) is 2.